The lowest BCUT2D eigenvalue weighted by molar-refractivity contribution is -0.124. The van der Waals surface area contributed by atoms with E-state index >= 15 is 0 Å². The highest BCUT2D eigenvalue weighted by atomic mass is 16.2. The first-order chi connectivity index (χ1) is 16.8. The number of hydrogen-bond donors (Lipinski definition) is 2. The molecule has 35 heavy (non-hydrogen) atoms. The van der Waals surface area contributed by atoms with Gasteiger partial charge in [-0.15, -0.1) is 0 Å². The largest absolute Gasteiger partial charge is 0.356 e. The molecule has 4 fully saturated rings. The summed E-state index contributed by atoms with van der Waals surface area (Å²) in [6.07, 6.45) is 15.0. The van der Waals surface area contributed by atoms with Gasteiger partial charge < -0.3 is 10.6 Å². The number of rotatable bonds is 1. The molecule has 3 saturated carbocycles. The Morgan fingerprint density at radius 2 is 1.83 bits per heavy atom. The van der Waals surface area contributed by atoms with Gasteiger partial charge in [0.15, 0.2) is 5.78 Å². The van der Waals surface area contributed by atoms with E-state index in [1.54, 1.807) is 13.0 Å². The van der Waals surface area contributed by atoms with Gasteiger partial charge in [-0.2, -0.15) is 0 Å². The minimum atomic E-state index is -0.478. The number of amides is 2. The SMILES string of the molecule is CC(=O)[C@@H]1C[C@H]2C[C@@H]3[C@@H]4C=C[C@@H]5C(=O)NCCC[C@@H]6NC(=O)C(=C[C@H]5C=C[C@@H]4C[C@@H]3[C@H]2[C@@H]1C)C6=O. The zero-order valence-corrected chi connectivity index (χ0v) is 20.6. The van der Waals surface area contributed by atoms with Crippen LogP contribution in [0.2, 0.25) is 0 Å². The van der Waals surface area contributed by atoms with Gasteiger partial charge in [0, 0.05) is 18.4 Å². The van der Waals surface area contributed by atoms with Crippen LogP contribution in [0.25, 0.3) is 0 Å². The quantitative estimate of drug-likeness (QED) is 0.450. The van der Waals surface area contributed by atoms with E-state index in [1.807, 2.05) is 0 Å². The Kier molecular flexibility index (Phi) is 5.61. The van der Waals surface area contributed by atoms with Crippen molar-refractivity contribution in [2.24, 2.45) is 59.2 Å². The normalized spacial score (nSPS) is 46.3. The van der Waals surface area contributed by atoms with Crippen molar-refractivity contribution in [3.8, 4) is 0 Å². The van der Waals surface area contributed by atoms with Gasteiger partial charge in [0.25, 0.3) is 5.91 Å². The highest BCUT2D eigenvalue weighted by molar-refractivity contribution is 6.26. The molecule has 6 nitrogen and oxygen atoms in total. The minimum Gasteiger partial charge on any atom is -0.356 e. The van der Waals surface area contributed by atoms with Crippen molar-refractivity contribution in [2.75, 3.05) is 6.54 Å². The zero-order valence-electron chi connectivity index (χ0n) is 20.6. The number of allylic oxidation sites excluding steroid dienone is 4. The predicted octanol–water partition coefficient (Wildman–Crippen LogP) is 3.00. The molecule has 6 aliphatic rings. The molecule has 2 aliphatic heterocycles. The molecular weight excluding hydrogens is 440 g/mol. The monoisotopic (exact) mass is 476 g/mol. The fourth-order valence-electron chi connectivity index (χ4n) is 8.77. The number of ketones is 2. The van der Waals surface area contributed by atoms with Crippen LogP contribution in [-0.4, -0.2) is 36.0 Å². The molecule has 0 unspecified atom stereocenters. The number of carbonyl (C=O) groups excluding carboxylic acids is 4. The molecule has 6 rings (SSSR count). The lowest BCUT2D eigenvalue weighted by Gasteiger charge is -2.26. The van der Waals surface area contributed by atoms with E-state index < -0.39 is 12.0 Å². The fourth-order valence-corrected chi connectivity index (χ4v) is 8.77. The fraction of sp³-hybridized carbons (Fsp3) is 0.655. The smallest absolute Gasteiger partial charge is 0.255 e. The first-order valence-corrected chi connectivity index (χ1v) is 13.5. The first kappa shape index (κ1) is 22.9. The average Bonchev–Trinajstić information content (AvgIpc) is 3.48. The van der Waals surface area contributed by atoms with Crippen molar-refractivity contribution in [3.63, 3.8) is 0 Å². The van der Waals surface area contributed by atoms with Gasteiger partial charge in [0.2, 0.25) is 5.91 Å². The van der Waals surface area contributed by atoms with E-state index in [4.69, 9.17) is 0 Å². The summed E-state index contributed by atoms with van der Waals surface area (Å²) in [5, 5.41) is 5.88. The van der Waals surface area contributed by atoms with Crippen molar-refractivity contribution >= 4 is 23.4 Å². The van der Waals surface area contributed by atoms with Crippen molar-refractivity contribution in [3.05, 3.63) is 36.0 Å². The number of carbonyl (C=O) groups is 4. The Balaban J connectivity index is 1.31. The summed E-state index contributed by atoms with van der Waals surface area (Å²) in [4.78, 5) is 50.8. The number of hydrogen-bond acceptors (Lipinski definition) is 4. The van der Waals surface area contributed by atoms with Gasteiger partial charge in [0.05, 0.1) is 17.5 Å². The maximum absolute atomic E-state index is 13.2. The summed E-state index contributed by atoms with van der Waals surface area (Å²) in [6, 6.07) is -0.478. The van der Waals surface area contributed by atoms with Crippen molar-refractivity contribution < 1.29 is 19.2 Å². The Labute approximate surface area is 207 Å². The summed E-state index contributed by atoms with van der Waals surface area (Å²) in [6.45, 7) is 4.54. The van der Waals surface area contributed by atoms with Crippen LogP contribution in [0.3, 0.4) is 0 Å². The summed E-state index contributed by atoms with van der Waals surface area (Å²) < 4.78 is 0. The maximum Gasteiger partial charge on any atom is 0.255 e. The molecule has 0 aromatic carbocycles. The van der Waals surface area contributed by atoms with Crippen LogP contribution >= 0.6 is 0 Å². The topological polar surface area (TPSA) is 92.3 Å². The highest BCUT2D eigenvalue weighted by Gasteiger charge is 2.58. The number of fused-ring (bicyclic) bond motifs is 8. The second-order valence-corrected chi connectivity index (χ2v) is 12.0. The van der Waals surface area contributed by atoms with Gasteiger partial charge in [-0.3, -0.25) is 19.2 Å². The molecule has 2 heterocycles. The summed E-state index contributed by atoms with van der Waals surface area (Å²) in [5.41, 5.74) is 0.205. The third-order valence-corrected chi connectivity index (χ3v) is 10.3. The molecule has 0 spiro atoms. The summed E-state index contributed by atoms with van der Waals surface area (Å²) in [5.74, 6) is 3.07. The third-order valence-electron chi connectivity index (χ3n) is 10.3. The second-order valence-electron chi connectivity index (χ2n) is 12.0. The maximum atomic E-state index is 13.2. The average molecular weight is 477 g/mol. The van der Waals surface area contributed by atoms with E-state index in [2.05, 4.69) is 41.9 Å². The lowest BCUT2D eigenvalue weighted by Crippen LogP contribution is -2.35. The molecular formula is C29H36N2O4. The standard InChI is InChI=1S/C29H36N2O4/c1-14-21(15(2)32)12-18-13-22-19-7-8-20-17(6-5-16(19)10-23(22)26(14)18)11-24-27(33)25(31-29(24)35)4-3-9-30-28(20)34/h5-8,11,14,16-23,25-26H,3-4,9-10,12-13H2,1-2H3,(H,30,34)(H,31,35)/t14-,16-,17-,18+,19-,20+,21-,22-,23+,25+,26+/m1/s1. The minimum absolute atomic E-state index is 0.0346. The van der Waals surface area contributed by atoms with E-state index in [-0.39, 0.29) is 35.0 Å². The van der Waals surface area contributed by atoms with Crippen LogP contribution in [-0.2, 0) is 19.2 Å². The first-order valence-electron chi connectivity index (χ1n) is 13.5. The van der Waals surface area contributed by atoms with Crippen LogP contribution in [0.15, 0.2) is 36.0 Å². The molecule has 11 atom stereocenters. The van der Waals surface area contributed by atoms with Gasteiger partial charge in [-0.1, -0.05) is 37.3 Å². The lowest BCUT2D eigenvalue weighted by atomic mass is 9.79. The van der Waals surface area contributed by atoms with Crippen LogP contribution < -0.4 is 10.6 Å². The molecule has 4 aliphatic carbocycles. The summed E-state index contributed by atoms with van der Waals surface area (Å²) >= 11 is 0. The number of nitrogens with one attached hydrogen (secondary N) is 2. The number of Topliss-reactive ketones (excluding diaryl/α,β-unsaturated/α-hetero) is 2. The predicted molar refractivity (Wildman–Crippen MR) is 131 cm³/mol. The molecule has 0 aromatic rings. The molecule has 2 N–H and O–H groups in total. The zero-order chi connectivity index (χ0) is 24.4. The van der Waals surface area contributed by atoms with Crippen molar-refractivity contribution in [2.45, 2.75) is 52.0 Å². The molecule has 0 radical (unpaired) electrons. The van der Waals surface area contributed by atoms with Crippen molar-refractivity contribution in [1.82, 2.24) is 10.6 Å². The Morgan fingerprint density at radius 1 is 1.00 bits per heavy atom. The second kappa shape index (κ2) is 8.56. The highest BCUT2D eigenvalue weighted by Crippen LogP contribution is 2.63. The van der Waals surface area contributed by atoms with Crippen LogP contribution in [0.1, 0.15) is 46.0 Å². The van der Waals surface area contributed by atoms with Gasteiger partial charge >= 0.3 is 0 Å². The summed E-state index contributed by atoms with van der Waals surface area (Å²) in [7, 11) is 0. The van der Waals surface area contributed by atoms with Gasteiger partial charge in [-0.25, -0.2) is 0 Å². The van der Waals surface area contributed by atoms with Gasteiger partial charge in [0.1, 0.15) is 5.78 Å². The van der Waals surface area contributed by atoms with Crippen LogP contribution in [0.5, 0.6) is 0 Å². The molecule has 1 saturated heterocycles. The van der Waals surface area contributed by atoms with E-state index in [9.17, 15) is 19.2 Å². The molecule has 6 heteroatoms. The molecule has 2 amide bonds. The Hall–Kier alpha value is -2.50. The van der Waals surface area contributed by atoms with E-state index in [0.717, 1.165) is 12.8 Å². The molecule has 2 bridgehead atoms. The van der Waals surface area contributed by atoms with Crippen LogP contribution in [0, 0.1) is 59.2 Å². The molecule has 0 aromatic heterocycles. The van der Waals surface area contributed by atoms with E-state index in [0.29, 0.717) is 66.6 Å². The molecule has 186 valence electrons. The van der Waals surface area contributed by atoms with Gasteiger partial charge in [-0.05, 0) is 80.5 Å². The Morgan fingerprint density at radius 3 is 2.63 bits per heavy atom. The van der Waals surface area contributed by atoms with Crippen LogP contribution in [0.4, 0.5) is 0 Å². The van der Waals surface area contributed by atoms with Crippen molar-refractivity contribution in [1.29, 1.82) is 0 Å². The van der Waals surface area contributed by atoms with E-state index in [1.165, 1.54) is 6.42 Å². The third kappa shape index (κ3) is 3.66. The Bertz CT molecular complexity index is 1060.